The number of carbonyl (C=O) groups is 1. The van der Waals surface area contributed by atoms with Gasteiger partial charge in [0.05, 0.1) is 16.5 Å². The summed E-state index contributed by atoms with van der Waals surface area (Å²) in [4.78, 5) is 16.0. The largest absolute Gasteiger partial charge is 0.490 e. The third kappa shape index (κ3) is 4.30. The van der Waals surface area contributed by atoms with E-state index in [4.69, 9.17) is 26.8 Å². The quantitative estimate of drug-likeness (QED) is 0.521. The van der Waals surface area contributed by atoms with Gasteiger partial charge in [-0.05, 0) is 58.8 Å². The molecule has 0 aromatic heterocycles. The van der Waals surface area contributed by atoms with E-state index in [0.29, 0.717) is 40.2 Å². The first-order valence-electron chi connectivity index (χ1n) is 9.39. The maximum Gasteiger partial charge on any atom is 0.286 e. The van der Waals surface area contributed by atoms with Crippen molar-refractivity contribution in [3.8, 4) is 11.5 Å². The van der Waals surface area contributed by atoms with Gasteiger partial charge in [0.15, 0.2) is 16.7 Å². The Morgan fingerprint density at radius 1 is 1.13 bits per heavy atom. The van der Waals surface area contributed by atoms with Crippen molar-refractivity contribution in [2.45, 2.75) is 13.5 Å². The van der Waals surface area contributed by atoms with Gasteiger partial charge in [0.25, 0.3) is 5.91 Å². The van der Waals surface area contributed by atoms with Crippen molar-refractivity contribution in [1.82, 2.24) is 0 Å². The molecule has 1 aliphatic rings. The van der Waals surface area contributed by atoms with E-state index in [1.165, 1.54) is 0 Å². The molecule has 0 radical (unpaired) electrons. The summed E-state index contributed by atoms with van der Waals surface area (Å²) in [6, 6.07) is 17.8. The molecule has 0 spiro atoms. The first kappa shape index (κ1) is 20.3. The van der Waals surface area contributed by atoms with E-state index in [1.807, 2.05) is 31.2 Å². The summed E-state index contributed by atoms with van der Waals surface area (Å²) in [6.07, 6.45) is 1.69. The predicted molar refractivity (Wildman–Crippen MR) is 123 cm³/mol. The molecule has 5 nitrogen and oxygen atoms in total. The Kier molecular flexibility index (Phi) is 5.97. The van der Waals surface area contributed by atoms with Crippen LogP contribution in [0, 0.1) is 0 Å². The fourth-order valence-corrected chi connectivity index (χ4v) is 4.17. The van der Waals surface area contributed by atoms with E-state index >= 15 is 0 Å². The Balaban J connectivity index is 1.63. The SMILES string of the molecule is CCOc1cc(/C=C2\SC(N)=NC2=O)cc(Cl)c1OCc1cccc2ccccc12. The number of benzene rings is 3. The van der Waals surface area contributed by atoms with Crippen molar-refractivity contribution in [2.24, 2.45) is 10.7 Å². The lowest BCUT2D eigenvalue weighted by Crippen LogP contribution is -2.01. The molecule has 3 aromatic carbocycles. The average molecular weight is 439 g/mol. The number of thioether (sulfide) groups is 1. The Morgan fingerprint density at radius 3 is 2.70 bits per heavy atom. The molecule has 30 heavy (non-hydrogen) atoms. The Morgan fingerprint density at radius 2 is 1.93 bits per heavy atom. The molecule has 3 aromatic rings. The summed E-state index contributed by atoms with van der Waals surface area (Å²) in [5, 5.41) is 2.91. The van der Waals surface area contributed by atoms with Gasteiger partial charge in [-0.25, -0.2) is 0 Å². The predicted octanol–water partition coefficient (Wildman–Crippen LogP) is 5.40. The normalized spacial score (nSPS) is 14.9. The number of aliphatic imine (C=N–C) groups is 1. The lowest BCUT2D eigenvalue weighted by atomic mass is 10.1. The van der Waals surface area contributed by atoms with Gasteiger partial charge < -0.3 is 15.2 Å². The van der Waals surface area contributed by atoms with Crippen LogP contribution in [0.5, 0.6) is 11.5 Å². The van der Waals surface area contributed by atoms with Gasteiger partial charge in [-0.15, -0.1) is 0 Å². The van der Waals surface area contributed by atoms with Gasteiger partial charge in [0.1, 0.15) is 6.61 Å². The maximum absolute atomic E-state index is 11.9. The van der Waals surface area contributed by atoms with Crippen molar-refractivity contribution < 1.29 is 14.3 Å². The highest BCUT2D eigenvalue weighted by Gasteiger charge is 2.20. The lowest BCUT2D eigenvalue weighted by molar-refractivity contribution is -0.113. The highest BCUT2D eigenvalue weighted by Crippen LogP contribution is 2.39. The zero-order valence-corrected chi connectivity index (χ0v) is 17.8. The van der Waals surface area contributed by atoms with Crippen LogP contribution in [0.1, 0.15) is 18.1 Å². The van der Waals surface area contributed by atoms with Crippen LogP contribution >= 0.6 is 23.4 Å². The number of carbonyl (C=O) groups excluding carboxylic acids is 1. The van der Waals surface area contributed by atoms with Crippen LogP contribution in [-0.4, -0.2) is 17.7 Å². The minimum absolute atomic E-state index is 0.234. The molecule has 1 heterocycles. The van der Waals surface area contributed by atoms with Crippen LogP contribution in [0.25, 0.3) is 16.8 Å². The van der Waals surface area contributed by atoms with Crippen molar-refractivity contribution in [3.05, 3.63) is 75.7 Å². The molecule has 0 saturated heterocycles. The molecular weight excluding hydrogens is 420 g/mol. The molecule has 0 atom stereocenters. The zero-order valence-electron chi connectivity index (χ0n) is 16.2. The van der Waals surface area contributed by atoms with E-state index in [0.717, 1.165) is 28.1 Å². The van der Waals surface area contributed by atoms with Crippen LogP contribution in [-0.2, 0) is 11.4 Å². The molecule has 2 N–H and O–H groups in total. The molecule has 0 bridgehead atoms. The number of halogens is 1. The van der Waals surface area contributed by atoms with Gasteiger partial charge in [-0.1, -0.05) is 54.1 Å². The lowest BCUT2D eigenvalue weighted by Gasteiger charge is -2.15. The summed E-state index contributed by atoms with van der Waals surface area (Å²) in [5.41, 5.74) is 7.38. The van der Waals surface area contributed by atoms with Crippen molar-refractivity contribution >= 4 is 51.3 Å². The zero-order chi connectivity index (χ0) is 21.1. The average Bonchev–Trinajstić information content (AvgIpc) is 3.04. The second-order valence-corrected chi connectivity index (χ2v) is 8.03. The van der Waals surface area contributed by atoms with Gasteiger partial charge in [-0.3, -0.25) is 4.79 Å². The topological polar surface area (TPSA) is 73.9 Å². The third-order valence-corrected chi connectivity index (χ3v) is 5.61. The molecule has 0 saturated carbocycles. The molecule has 1 amide bonds. The molecule has 0 fully saturated rings. The number of nitrogens with two attached hydrogens (primary N) is 1. The van der Waals surface area contributed by atoms with E-state index in [-0.39, 0.29) is 11.1 Å². The smallest absolute Gasteiger partial charge is 0.286 e. The standard InChI is InChI=1S/C23H19ClN2O3S/c1-2-28-19-11-14(12-20-22(27)26-23(25)30-20)10-18(24)21(19)29-13-16-8-5-7-15-6-3-4-9-17(15)16/h3-12H,2,13H2,1H3,(H2,25,26,27)/b20-12-. The summed E-state index contributed by atoms with van der Waals surface area (Å²) >= 11 is 7.66. The summed E-state index contributed by atoms with van der Waals surface area (Å²) in [5.74, 6) is 0.624. The third-order valence-electron chi connectivity index (χ3n) is 4.52. The highest BCUT2D eigenvalue weighted by atomic mass is 35.5. The van der Waals surface area contributed by atoms with E-state index in [9.17, 15) is 4.79 Å². The van der Waals surface area contributed by atoms with Crippen molar-refractivity contribution in [1.29, 1.82) is 0 Å². The summed E-state index contributed by atoms with van der Waals surface area (Å²) in [7, 11) is 0. The summed E-state index contributed by atoms with van der Waals surface area (Å²) < 4.78 is 11.8. The number of fused-ring (bicyclic) bond motifs is 1. The first-order chi connectivity index (χ1) is 14.5. The molecule has 0 aliphatic carbocycles. The molecule has 0 unspecified atom stereocenters. The number of hydrogen-bond acceptors (Lipinski definition) is 5. The van der Waals surface area contributed by atoms with Crippen LogP contribution in [0.4, 0.5) is 0 Å². The Labute approximate surface area is 183 Å². The molecule has 152 valence electrons. The minimum Gasteiger partial charge on any atom is -0.490 e. The van der Waals surface area contributed by atoms with Crippen molar-refractivity contribution in [2.75, 3.05) is 6.61 Å². The van der Waals surface area contributed by atoms with Gasteiger partial charge in [0.2, 0.25) is 0 Å². The fraction of sp³-hybridized carbons (Fsp3) is 0.130. The number of amidine groups is 1. The Bertz CT molecular complexity index is 1190. The van der Waals surface area contributed by atoms with Crippen LogP contribution in [0.15, 0.2) is 64.5 Å². The Hall–Kier alpha value is -2.96. The van der Waals surface area contributed by atoms with E-state index < -0.39 is 0 Å². The monoisotopic (exact) mass is 438 g/mol. The molecule has 4 rings (SSSR count). The number of nitrogens with zero attached hydrogens (tertiary/aromatic N) is 1. The molecule has 1 aliphatic heterocycles. The number of rotatable bonds is 6. The van der Waals surface area contributed by atoms with Crippen LogP contribution < -0.4 is 15.2 Å². The van der Waals surface area contributed by atoms with Gasteiger partial charge >= 0.3 is 0 Å². The van der Waals surface area contributed by atoms with Crippen LogP contribution in [0.2, 0.25) is 5.02 Å². The van der Waals surface area contributed by atoms with Gasteiger partial charge in [0, 0.05) is 0 Å². The highest BCUT2D eigenvalue weighted by molar-refractivity contribution is 8.18. The minimum atomic E-state index is -0.358. The molecule has 7 heteroatoms. The summed E-state index contributed by atoms with van der Waals surface area (Å²) in [6.45, 7) is 2.68. The number of ether oxygens (including phenoxy) is 2. The second-order valence-electron chi connectivity index (χ2n) is 6.56. The first-order valence-corrected chi connectivity index (χ1v) is 10.6. The van der Waals surface area contributed by atoms with Crippen molar-refractivity contribution in [3.63, 3.8) is 0 Å². The van der Waals surface area contributed by atoms with E-state index in [2.05, 4.69) is 23.2 Å². The number of amides is 1. The molecular formula is C23H19ClN2O3S. The van der Waals surface area contributed by atoms with Crippen LogP contribution in [0.3, 0.4) is 0 Å². The maximum atomic E-state index is 11.9. The van der Waals surface area contributed by atoms with Gasteiger partial charge in [-0.2, -0.15) is 4.99 Å². The number of hydrogen-bond donors (Lipinski definition) is 1. The van der Waals surface area contributed by atoms with E-state index in [1.54, 1.807) is 18.2 Å². The fourth-order valence-electron chi connectivity index (χ4n) is 3.22. The second kappa shape index (κ2) is 8.81.